The van der Waals surface area contributed by atoms with Crippen LogP contribution in [0.2, 0.25) is 20.1 Å². The minimum Gasteiger partial charge on any atom is -0.360 e. The first kappa shape index (κ1) is 20.5. The summed E-state index contributed by atoms with van der Waals surface area (Å²) in [5, 5.41) is 11.9. The topological polar surface area (TPSA) is 79.5 Å². The second-order valence-electron chi connectivity index (χ2n) is 5.52. The minimum atomic E-state index is -0.627. The predicted molar refractivity (Wildman–Crippen MR) is 113 cm³/mol. The molecule has 28 heavy (non-hydrogen) atoms. The Labute approximate surface area is 180 Å². The van der Waals surface area contributed by atoms with Crippen LogP contribution in [0, 0.1) is 6.92 Å². The average Bonchev–Trinajstić information content (AvgIpc) is 2.99. The summed E-state index contributed by atoms with van der Waals surface area (Å²) in [5.41, 5.74) is 4.05. The smallest absolute Gasteiger partial charge is 0.339 e. The number of benzene rings is 2. The Hall–Kier alpha value is -2.25. The lowest BCUT2D eigenvalue weighted by Crippen LogP contribution is -2.24. The molecule has 0 aliphatic heterocycles. The molecule has 0 saturated heterocycles. The molecule has 0 aliphatic rings. The molecule has 0 fully saturated rings. The number of aromatic nitrogens is 1. The Morgan fingerprint density at radius 2 is 1.61 bits per heavy atom. The lowest BCUT2D eigenvalue weighted by atomic mass is 10.1. The van der Waals surface area contributed by atoms with Crippen molar-refractivity contribution in [3.8, 4) is 11.3 Å². The van der Waals surface area contributed by atoms with Crippen molar-refractivity contribution in [2.75, 3.05) is 5.32 Å². The van der Waals surface area contributed by atoms with E-state index in [4.69, 9.17) is 50.9 Å². The van der Waals surface area contributed by atoms with Gasteiger partial charge in [0.05, 0.1) is 37.6 Å². The maximum absolute atomic E-state index is 12.1. The molecule has 0 aliphatic carbocycles. The third kappa shape index (κ3) is 4.42. The molecule has 0 atom stereocenters. The second-order valence-corrected chi connectivity index (χ2v) is 7.15. The number of hydrazone groups is 1. The Kier molecular flexibility index (Phi) is 6.46. The lowest BCUT2D eigenvalue weighted by molar-refractivity contribution is 0.252. The molecule has 0 bridgehead atoms. The van der Waals surface area contributed by atoms with Crippen LogP contribution in [0.15, 0.2) is 46.0 Å². The van der Waals surface area contributed by atoms with Crippen LogP contribution < -0.4 is 10.7 Å². The molecule has 2 amide bonds. The summed E-state index contributed by atoms with van der Waals surface area (Å²) < 4.78 is 5.22. The summed E-state index contributed by atoms with van der Waals surface area (Å²) in [5.74, 6) is 0.478. The fourth-order valence-electron chi connectivity index (χ4n) is 2.35. The van der Waals surface area contributed by atoms with E-state index < -0.39 is 6.03 Å². The summed E-state index contributed by atoms with van der Waals surface area (Å²) >= 11 is 24.5. The van der Waals surface area contributed by atoms with E-state index in [1.54, 1.807) is 43.3 Å². The summed E-state index contributed by atoms with van der Waals surface area (Å²) in [6.07, 6.45) is 1.38. The first-order valence-corrected chi connectivity index (χ1v) is 9.34. The van der Waals surface area contributed by atoms with Gasteiger partial charge in [-0.1, -0.05) is 63.7 Å². The molecular weight excluding hydrogens is 446 g/mol. The zero-order valence-electron chi connectivity index (χ0n) is 14.3. The van der Waals surface area contributed by atoms with E-state index in [1.807, 2.05) is 0 Å². The van der Waals surface area contributed by atoms with Crippen molar-refractivity contribution < 1.29 is 9.32 Å². The predicted octanol–water partition coefficient (Wildman–Crippen LogP) is 6.42. The summed E-state index contributed by atoms with van der Waals surface area (Å²) in [4.78, 5) is 12.1. The number of carbonyl (C=O) groups is 1. The van der Waals surface area contributed by atoms with Gasteiger partial charge in [-0.3, -0.25) is 0 Å². The van der Waals surface area contributed by atoms with Gasteiger partial charge in [-0.2, -0.15) is 5.10 Å². The molecular formula is C18H12Cl4N4O2. The second kappa shape index (κ2) is 8.84. The van der Waals surface area contributed by atoms with Crippen LogP contribution in [-0.2, 0) is 0 Å². The number of nitrogens with zero attached hydrogens (tertiary/aromatic N) is 2. The van der Waals surface area contributed by atoms with E-state index in [9.17, 15) is 4.79 Å². The normalized spacial score (nSPS) is 11.0. The van der Waals surface area contributed by atoms with Crippen LogP contribution in [0.3, 0.4) is 0 Å². The van der Waals surface area contributed by atoms with Crippen molar-refractivity contribution in [1.29, 1.82) is 0 Å². The number of para-hydroxylation sites is 1. The van der Waals surface area contributed by atoms with E-state index in [0.29, 0.717) is 42.7 Å². The number of halogens is 4. The maximum Gasteiger partial charge on any atom is 0.339 e. The van der Waals surface area contributed by atoms with Gasteiger partial charge in [-0.05, 0) is 31.2 Å². The van der Waals surface area contributed by atoms with Crippen LogP contribution in [0.5, 0.6) is 0 Å². The van der Waals surface area contributed by atoms with E-state index in [1.165, 1.54) is 6.21 Å². The SMILES string of the molecule is Cc1onc(-c2c(Cl)cccc2Cl)c1/C=N\NC(=O)Nc1c(Cl)cccc1Cl. The number of nitrogens with one attached hydrogen (secondary N) is 2. The van der Waals surface area contributed by atoms with E-state index in [-0.39, 0.29) is 5.69 Å². The Morgan fingerprint density at radius 3 is 2.21 bits per heavy atom. The van der Waals surface area contributed by atoms with Gasteiger partial charge in [0.25, 0.3) is 0 Å². The monoisotopic (exact) mass is 456 g/mol. The van der Waals surface area contributed by atoms with Gasteiger partial charge >= 0.3 is 6.03 Å². The molecule has 3 rings (SSSR count). The van der Waals surface area contributed by atoms with Gasteiger partial charge in [-0.15, -0.1) is 0 Å². The number of anilines is 1. The van der Waals surface area contributed by atoms with Crippen LogP contribution in [-0.4, -0.2) is 17.4 Å². The van der Waals surface area contributed by atoms with Gasteiger partial charge in [0, 0.05) is 5.56 Å². The number of hydrogen-bond donors (Lipinski definition) is 2. The first-order chi connectivity index (χ1) is 13.4. The lowest BCUT2D eigenvalue weighted by Gasteiger charge is -2.08. The van der Waals surface area contributed by atoms with E-state index in [0.717, 1.165) is 0 Å². The van der Waals surface area contributed by atoms with Crippen molar-refractivity contribution in [2.24, 2.45) is 5.10 Å². The number of rotatable bonds is 4. The molecule has 0 spiro atoms. The van der Waals surface area contributed by atoms with Gasteiger partial charge in [0.15, 0.2) is 0 Å². The quantitative estimate of drug-likeness (QED) is 0.350. The van der Waals surface area contributed by atoms with Crippen LogP contribution in [0.1, 0.15) is 11.3 Å². The summed E-state index contributed by atoms with van der Waals surface area (Å²) in [6, 6.07) is 9.35. The molecule has 6 nitrogen and oxygen atoms in total. The van der Waals surface area contributed by atoms with Gasteiger partial charge in [-0.25, -0.2) is 10.2 Å². The molecule has 0 radical (unpaired) electrons. The fourth-order valence-corrected chi connectivity index (χ4v) is 3.42. The molecule has 10 heteroatoms. The number of carbonyl (C=O) groups excluding carboxylic acids is 1. The molecule has 3 aromatic rings. The zero-order valence-corrected chi connectivity index (χ0v) is 17.3. The standard InChI is InChI=1S/C18H12Cl4N4O2/c1-9-10(16(26-28-9)15-11(19)4-2-5-12(15)20)8-23-25-18(27)24-17-13(21)6-3-7-14(17)22/h2-8H,1H3,(H2,24,25,27)/b23-8-. The average molecular weight is 458 g/mol. The molecule has 2 aromatic carbocycles. The van der Waals surface area contributed by atoms with Gasteiger partial charge in [0.2, 0.25) is 0 Å². The Morgan fingerprint density at radius 1 is 1.04 bits per heavy atom. The van der Waals surface area contributed by atoms with Crippen LogP contribution in [0.25, 0.3) is 11.3 Å². The largest absolute Gasteiger partial charge is 0.360 e. The molecule has 0 unspecified atom stereocenters. The molecule has 144 valence electrons. The highest BCUT2D eigenvalue weighted by Gasteiger charge is 2.18. The van der Waals surface area contributed by atoms with Gasteiger partial charge < -0.3 is 9.84 Å². The van der Waals surface area contributed by atoms with E-state index in [2.05, 4.69) is 21.0 Å². The molecule has 2 N–H and O–H groups in total. The van der Waals surface area contributed by atoms with Crippen LogP contribution >= 0.6 is 46.4 Å². The van der Waals surface area contributed by atoms with Gasteiger partial charge in [0.1, 0.15) is 11.5 Å². The number of hydrogen-bond acceptors (Lipinski definition) is 4. The highest BCUT2D eigenvalue weighted by atomic mass is 35.5. The number of aryl methyl sites for hydroxylation is 1. The van der Waals surface area contributed by atoms with E-state index >= 15 is 0 Å². The molecule has 0 saturated carbocycles. The fraction of sp³-hybridized carbons (Fsp3) is 0.0556. The maximum atomic E-state index is 12.1. The van der Waals surface area contributed by atoms with Crippen molar-refractivity contribution in [2.45, 2.75) is 6.92 Å². The highest BCUT2D eigenvalue weighted by Crippen LogP contribution is 2.36. The minimum absolute atomic E-state index is 0.281. The zero-order chi connectivity index (χ0) is 20.3. The Balaban J connectivity index is 1.79. The van der Waals surface area contributed by atoms with Crippen molar-refractivity contribution in [3.63, 3.8) is 0 Å². The third-order valence-corrected chi connectivity index (χ3v) is 4.93. The summed E-state index contributed by atoms with van der Waals surface area (Å²) in [7, 11) is 0. The first-order valence-electron chi connectivity index (χ1n) is 7.83. The molecule has 1 heterocycles. The Bertz CT molecular complexity index is 1030. The van der Waals surface area contributed by atoms with Crippen molar-refractivity contribution in [1.82, 2.24) is 10.6 Å². The third-order valence-electron chi connectivity index (χ3n) is 3.67. The number of amides is 2. The van der Waals surface area contributed by atoms with Crippen LogP contribution in [0.4, 0.5) is 10.5 Å². The summed E-state index contributed by atoms with van der Waals surface area (Å²) in [6.45, 7) is 1.70. The highest BCUT2D eigenvalue weighted by molar-refractivity contribution is 6.40. The number of urea groups is 1. The molecule has 1 aromatic heterocycles. The van der Waals surface area contributed by atoms with Crippen molar-refractivity contribution in [3.05, 3.63) is 67.8 Å². The van der Waals surface area contributed by atoms with Crippen molar-refractivity contribution >= 4 is 64.3 Å².